The lowest BCUT2D eigenvalue weighted by Crippen LogP contribution is -2.21. The Bertz CT molecular complexity index is 1120. The Kier molecular flexibility index (Phi) is 7.04. The number of aromatic nitrogens is 1. The number of nitrogens with one attached hydrogen (secondary N) is 2. The SMILES string of the molecule is O=C(N/N=C/c1c(Cl)cccc1Cl)c1ccc(C(F)(F)F)nc1Nc1ccc(Cl)cc1. The molecular weight excluding hydrogens is 476 g/mol. The van der Waals surface area contributed by atoms with Gasteiger partial charge < -0.3 is 5.32 Å². The van der Waals surface area contributed by atoms with Crippen LogP contribution in [0.4, 0.5) is 24.7 Å². The number of pyridine rings is 1. The summed E-state index contributed by atoms with van der Waals surface area (Å²) in [5.41, 5.74) is 1.66. The molecule has 0 saturated carbocycles. The number of halogens is 6. The number of carbonyl (C=O) groups is 1. The first-order chi connectivity index (χ1) is 14.6. The van der Waals surface area contributed by atoms with Gasteiger partial charge in [0.1, 0.15) is 11.5 Å². The monoisotopic (exact) mass is 486 g/mol. The van der Waals surface area contributed by atoms with Crippen molar-refractivity contribution < 1.29 is 18.0 Å². The normalized spacial score (nSPS) is 11.5. The zero-order chi connectivity index (χ0) is 22.6. The number of carbonyl (C=O) groups excluding carboxylic acids is 1. The molecule has 0 aliphatic heterocycles. The molecule has 0 saturated heterocycles. The molecule has 0 radical (unpaired) electrons. The second-order valence-corrected chi connectivity index (χ2v) is 7.31. The highest BCUT2D eigenvalue weighted by molar-refractivity contribution is 6.38. The molecule has 0 atom stereocenters. The van der Waals surface area contributed by atoms with Gasteiger partial charge in [-0.15, -0.1) is 0 Å². The van der Waals surface area contributed by atoms with Gasteiger partial charge in [0.05, 0.1) is 21.8 Å². The van der Waals surface area contributed by atoms with Gasteiger partial charge in [0.2, 0.25) is 0 Å². The number of rotatable bonds is 5. The van der Waals surface area contributed by atoms with Crippen LogP contribution in [0.15, 0.2) is 59.7 Å². The maximum Gasteiger partial charge on any atom is 0.433 e. The predicted molar refractivity (Wildman–Crippen MR) is 115 cm³/mol. The fraction of sp³-hybridized carbons (Fsp3) is 0.0500. The predicted octanol–water partition coefficient (Wildman–Crippen LogP) is 6.57. The third-order valence-electron chi connectivity index (χ3n) is 3.90. The Hall–Kier alpha value is -2.81. The molecule has 1 amide bonds. The van der Waals surface area contributed by atoms with E-state index in [1.807, 2.05) is 0 Å². The minimum Gasteiger partial charge on any atom is -0.340 e. The molecule has 160 valence electrons. The molecule has 0 unspecified atom stereocenters. The molecule has 0 aliphatic rings. The quantitative estimate of drug-likeness (QED) is 0.316. The molecule has 0 spiro atoms. The lowest BCUT2D eigenvalue weighted by Gasteiger charge is -2.13. The van der Waals surface area contributed by atoms with Crippen molar-refractivity contribution >= 4 is 58.4 Å². The van der Waals surface area contributed by atoms with Crippen molar-refractivity contribution in [2.75, 3.05) is 5.32 Å². The number of nitrogens with zero attached hydrogens (tertiary/aromatic N) is 2. The lowest BCUT2D eigenvalue weighted by atomic mass is 10.2. The van der Waals surface area contributed by atoms with Crippen molar-refractivity contribution in [3.05, 3.63) is 86.5 Å². The van der Waals surface area contributed by atoms with Crippen molar-refractivity contribution in [3.8, 4) is 0 Å². The van der Waals surface area contributed by atoms with E-state index in [9.17, 15) is 18.0 Å². The Morgan fingerprint density at radius 2 is 1.61 bits per heavy atom. The standard InChI is InChI=1S/C20H12Cl3F3N4O/c21-11-4-6-12(7-5-11)28-18-13(8-9-17(29-18)20(24,25)26)19(31)30-27-10-14-15(22)2-1-3-16(14)23/h1-10H,(H,28,29)(H,30,31)/b27-10+. The molecule has 31 heavy (non-hydrogen) atoms. The Morgan fingerprint density at radius 1 is 0.968 bits per heavy atom. The number of hydrogen-bond acceptors (Lipinski definition) is 4. The number of amides is 1. The molecule has 2 N–H and O–H groups in total. The Morgan fingerprint density at radius 3 is 2.23 bits per heavy atom. The van der Waals surface area contributed by atoms with Crippen LogP contribution in [0.5, 0.6) is 0 Å². The van der Waals surface area contributed by atoms with Crippen LogP contribution in [-0.2, 0) is 6.18 Å². The summed E-state index contributed by atoms with van der Waals surface area (Å²) in [5, 5.41) is 7.54. The van der Waals surface area contributed by atoms with Crippen molar-refractivity contribution in [3.63, 3.8) is 0 Å². The summed E-state index contributed by atoms with van der Waals surface area (Å²) >= 11 is 17.9. The summed E-state index contributed by atoms with van der Waals surface area (Å²) in [7, 11) is 0. The van der Waals surface area contributed by atoms with Gasteiger partial charge in [-0.25, -0.2) is 10.4 Å². The van der Waals surface area contributed by atoms with Gasteiger partial charge in [-0.05, 0) is 48.5 Å². The third-order valence-corrected chi connectivity index (χ3v) is 4.81. The van der Waals surface area contributed by atoms with Crippen LogP contribution < -0.4 is 10.7 Å². The summed E-state index contributed by atoms with van der Waals surface area (Å²) < 4.78 is 39.3. The number of alkyl halides is 3. The van der Waals surface area contributed by atoms with Crippen molar-refractivity contribution in [1.82, 2.24) is 10.4 Å². The fourth-order valence-corrected chi connectivity index (χ4v) is 3.04. The number of hydrazone groups is 1. The third kappa shape index (κ3) is 5.88. The van der Waals surface area contributed by atoms with Crippen LogP contribution >= 0.6 is 34.8 Å². The zero-order valence-corrected chi connectivity index (χ0v) is 17.6. The van der Waals surface area contributed by atoms with E-state index in [-0.39, 0.29) is 11.4 Å². The van der Waals surface area contributed by atoms with Crippen molar-refractivity contribution in [2.45, 2.75) is 6.18 Å². The first-order valence-electron chi connectivity index (χ1n) is 8.53. The van der Waals surface area contributed by atoms with Crippen LogP contribution in [0.1, 0.15) is 21.6 Å². The highest BCUT2D eigenvalue weighted by atomic mass is 35.5. The molecule has 0 bridgehead atoms. The second-order valence-electron chi connectivity index (χ2n) is 6.06. The maximum atomic E-state index is 13.1. The molecular formula is C20H12Cl3F3N4O. The van der Waals surface area contributed by atoms with Gasteiger partial charge in [0.25, 0.3) is 5.91 Å². The van der Waals surface area contributed by atoms with Gasteiger partial charge >= 0.3 is 6.18 Å². The average Bonchev–Trinajstić information content (AvgIpc) is 2.71. The van der Waals surface area contributed by atoms with Gasteiger partial charge in [0.15, 0.2) is 0 Å². The largest absolute Gasteiger partial charge is 0.433 e. The molecule has 3 rings (SSSR count). The molecule has 11 heteroatoms. The topological polar surface area (TPSA) is 66.4 Å². The van der Waals surface area contributed by atoms with Gasteiger partial charge in [-0.3, -0.25) is 4.79 Å². The fourth-order valence-electron chi connectivity index (χ4n) is 2.42. The zero-order valence-electron chi connectivity index (χ0n) is 15.3. The van der Waals surface area contributed by atoms with E-state index in [4.69, 9.17) is 34.8 Å². The average molecular weight is 488 g/mol. The number of anilines is 2. The molecule has 5 nitrogen and oxygen atoms in total. The molecule has 0 aliphatic carbocycles. The van der Waals surface area contributed by atoms with Crippen LogP contribution in [0.25, 0.3) is 0 Å². The molecule has 1 heterocycles. The molecule has 1 aromatic heterocycles. The number of hydrogen-bond donors (Lipinski definition) is 2. The highest BCUT2D eigenvalue weighted by Gasteiger charge is 2.33. The first-order valence-corrected chi connectivity index (χ1v) is 9.67. The van der Waals surface area contributed by atoms with Gasteiger partial charge in [-0.2, -0.15) is 18.3 Å². The minimum absolute atomic E-state index is 0.162. The molecule has 3 aromatic rings. The van der Waals surface area contributed by atoms with Crippen LogP contribution in [-0.4, -0.2) is 17.1 Å². The smallest absolute Gasteiger partial charge is 0.340 e. The van der Waals surface area contributed by atoms with Crippen LogP contribution in [0.2, 0.25) is 15.1 Å². The van der Waals surface area contributed by atoms with Gasteiger partial charge in [-0.1, -0.05) is 40.9 Å². The summed E-state index contributed by atoms with van der Waals surface area (Å²) in [6.07, 6.45) is -3.46. The van der Waals surface area contributed by atoms with E-state index in [2.05, 4.69) is 20.8 Å². The van der Waals surface area contributed by atoms with E-state index in [1.165, 1.54) is 30.5 Å². The van der Waals surface area contributed by atoms with Crippen molar-refractivity contribution in [2.24, 2.45) is 5.10 Å². The summed E-state index contributed by atoms with van der Waals surface area (Å²) in [5.74, 6) is -1.10. The summed E-state index contributed by atoms with van der Waals surface area (Å²) in [6, 6.07) is 12.7. The van der Waals surface area contributed by atoms with Crippen LogP contribution in [0, 0.1) is 0 Å². The van der Waals surface area contributed by atoms with Crippen molar-refractivity contribution in [1.29, 1.82) is 0 Å². The van der Waals surface area contributed by atoms with E-state index in [0.717, 1.165) is 6.07 Å². The van der Waals surface area contributed by atoms with E-state index in [0.29, 0.717) is 32.4 Å². The highest BCUT2D eigenvalue weighted by Crippen LogP contribution is 2.30. The van der Waals surface area contributed by atoms with Gasteiger partial charge in [0, 0.05) is 16.3 Å². The Labute approximate surface area is 189 Å². The minimum atomic E-state index is -4.69. The second kappa shape index (κ2) is 9.55. The first kappa shape index (κ1) is 22.9. The van der Waals surface area contributed by atoms with E-state index in [1.54, 1.807) is 18.2 Å². The Balaban J connectivity index is 1.88. The van der Waals surface area contributed by atoms with E-state index < -0.39 is 17.8 Å². The maximum absolute atomic E-state index is 13.1. The van der Waals surface area contributed by atoms with Crippen LogP contribution in [0.3, 0.4) is 0 Å². The molecule has 2 aromatic carbocycles. The molecule has 0 fully saturated rings. The lowest BCUT2D eigenvalue weighted by molar-refractivity contribution is -0.141. The summed E-state index contributed by atoms with van der Waals surface area (Å²) in [4.78, 5) is 16.1. The number of benzene rings is 2. The summed E-state index contributed by atoms with van der Waals surface area (Å²) in [6.45, 7) is 0. The van der Waals surface area contributed by atoms with E-state index >= 15 is 0 Å².